The molecular formula is C34H38F3N3O3. The van der Waals surface area contributed by atoms with Gasteiger partial charge in [0.2, 0.25) is 0 Å². The van der Waals surface area contributed by atoms with Gasteiger partial charge in [0.1, 0.15) is 5.69 Å². The average Bonchev–Trinajstić information content (AvgIpc) is 3.28. The number of rotatable bonds is 6. The number of hydrogen-bond donors (Lipinski definition) is 1. The molecule has 0 bridgehead atoms. The number of aromatic nitrogens is 1. The van der Waals surface area contributed by atoms with Crippen molar-refractivity contribution >= 4 is 16.8 Å². The highest BCUT2D eigenvalue weighted by atomic mass is 19.4. The van der Waals surface area contributed by atoms with Crippen LogP contribution in [0, 0.1) is 5.92 Å². The minimum Gasteiger partial charge on any atom is -0.394 e. The lowest BCUT2D eigenvalue weighted by molar-refractivity contribution is -0.138. The molecule has 0 unspecified atom stereocenters. The van der Waals surface area contributed by atoms with Crippen LogP contribution in [0.25, 0.3) is 22.0 Å². The van der Waals surface area contributed by atoms with Gasteiger partial charge in [-0.1, -0.05) is 67.6 Å². The van der Waals surface area contributed by atoms with Crippen LogP contribution in [0.15, 0.2) is 72.8 Å². The summed E-state index contributed by atoms with van der Waals surface area (Å²) in [5.74, 6) is -0.383. The Labute approximate surface area is 250 Å². The molecular weight excluding hydrogens is 555 g/mol. The Morgan fingerprint density at radius 3 is 2.47 bits per heavy atom. The molecule has 1 aliphatic rings. The van der Waals surface area contributed by atoms with E-state index in [1.165, 1.54) is 12.1 Å². The van der Waals surface area contributed by atoms with Gasteiger partial charge in [-0.25, -0.2) is 0 Å². The third kappa shape index (κ3) is 6.20. The second-order valence-corrected chi connectivity index (χ2v) is 11.6. The number of aliphatic hydroxyl groups is 1. The van der Waals surface area contributed by atoms with Crippen LogP contribution in [0.2, 0.25) is 0 Å². The number of carbonyl (C=O) groups excluding carboxylic acids is 1. The number of nitrogens with zero attached hydrogens (tertiary/aromatic N) is 3. The maximum atomic E-state index is 14.5. The molecule has 9 heteroatoms. The lowest BCUT2D eigenvalue weighted by Gasteiger charge is -2.35. The van der Waals surface area contributed by atoms with Gasteiger partial charge in [0.25, 0.3) is 5.91 Å². The molecule has 0 spiro atoms. The molecule has 3 atom stereocenters. The number of hydrogen-bond acceptors (Lipinski definition) is 4. The van der Waals surface area contributed by atoms with E-state index in [-0.39, 0.29) is 37.1 Å². The first-order chi connectivity index (χ1) is 20.5. The van der Waals surface area contributed by atoms with Crippen LogP contribution in [0.5, 0.6) is 0 Å². The van der Waals surface area contributed by atoms with Crippen molar-refractivity contribution in [2.45, 2.75) is 45.3 Å². The number of likely N-dealkylation sites (N-methyl/N-ethyl adjacent to an activating group) is 1. The van der Waals surface area contributed by atoms with Gasteiger partial charge in [0.15, 0.2) is 0 Å². The van der Waals surface area contributed by atoms with E-state index in [0.29, 0.717) is 18.8 Å². The summed E-state index contributed by atoms with van der Waals surface area (Å²) < 4.78 is 49.5. The molecule has 6 nitrogen and oxygen atoms in total. The van der Waals surface area contributed by atoms with E-state index in [1.807, 2.05) is 78.9 Å². The number of alkyl halides is 3. The summed E-state index contributed by atoms with van der Waals surface area (Å²) >= 11 is 0. The fourth-order valence-electron chi connectivity index (χ4n) is 6.12. The topological polar surface area (TPSA) is 57.9 Å². The molecule has 1 N–H and O–H groups in total. The van der Waals surface area contributed by atoms with Crippen molar-refractivity contribution in [3.8, 4) is 11.1 Å². The molecule has 0 fully saturated rings. The summed E-state index contributed by atoms with van der Waals surface area (Å²) in [5.41, 5.74) is 3.64. The quantitative estimate of drug-likeness (QED) is 0.283. The van der Waals surface area contributed by atoms with E-state index in [4.69, 9.17) is 4.74 Å². The molecule has 0 aliphatic carbocycles. The third-order valence-electron chi connectivity index (χ3n) is 8.48. The van der Waals surface area contributed by atoms with Crippen LogP contribution in [0.3, 0.4) is 0 Å². The molecule has 228 valence electrons. The molecule has 0 saturated carbocycles. The van der Waals surface area contributed by atoms with Crippen LogP contribution < -0.4 is 0 Å². The number of halogens is 3. The first-order valence-electron chi connectivity index (χ1n) is 14.5. The van der Waals surface area contributed by atoms with Crippen molar-refractivity contribution in [3.63, 3.8) is 0 Å². The largest absolute Gasteiger partial charge is 0.416 e. The number of para-hydroxylation sites is 1. The van der Waals surface area contributed by atoms with Crippen molar-refractivity contribution in [1.82, 2.24) is 14.4 Å². The molecule has 43 heavy (non-hydrogen) atoms. The highest BCUT2D eigenvalue weighted by molar-refractivity contribution is 6.10. The normalized spacial score (nSPS) is 18.8. The van der Waals surface area contributed by atoms with Gasteiger partial charge >= 0.3 is 6.18 Å². The predicted octanol–water partition coefficient (Wildman–Crippen LogP) is 6.35. The lowest BCUT2D eigenvalue weighted by atomic mass is 9.96. The number of aryl methyl sites for hydroxylation is 1. The van der Waals surface area contributed by atoms with Crippen LogP contribution in [0.1, 0.15) is 41.0 Å². The van der Waals surface area contributed by atoms with Crippen molar-refractivity contribution in [3.05, 3.63) is 95.2 Å². The van der Waals surface area contributed by atoms with Crippen molar-refractivity contribution in [2.75, 3.05) is 26.7 Å². The van der Waals surface area contributed by atoms with Gasteiger partial charge in [-0.05, 0) is 42.8 Å². The van der Waals surface area contributed by atoms with Gasteiger partial charge in [-0.2, -0.15) is 13.2 Å². The van der Waals surface area contributed by atoms with Gasteiger partial charge < -0.3 is 19.3 Å². The van der Waals surface area contributed by atoms with Crippen molar-refractivity contribution < 1.29 is 27.8 Å². The fourth-order valence-corrected chi connectivity index (χ4v) is 6.12. The zero-order valence-corrected chi connectivity index (χ0v) is 24.9. The average molecular weight is 594 g/mol. The smallest absolute Gasteiger partial charge is 0.394 e. The number of amides is 1. The summed E-state index contributed by atoms with van der Waals surface area (Å²) in [7, 11) is 3.67. The Morgan fingerprint density at radius 1 is 1.05 bits per heavy atom. The highest BCUT2D eigenvalue weighted by Gasteiger charge is 2.35. The summed E-state index contributed by atoms with van der Waals surface area (Å²) in [4.78, 5) is 18.0. The van der Waals surface area contributed by atoms with Crippen molar-refractivity contribution in [1.29, 1.82) is 0 Å². The Morgan fingerprint density at radius 2 is 1.72 bits per heavy atom. The first kappa shape index (κ1) is 30.8. The maximum absolute atomic E-state index is 14.5. The van der Waals surface area contributed by atoms with Crippen molar-refractivity contribution in [2.24, 2.45) is 13.0 Å². The number of fused-ring (bicyclic) bond motifs is 5. The van der Waals surface area contributed by atoms with E-state index in [0.717, 1.165) is 33.7 Å². The molecule has 1 aromatic heterocycles. The molecule has 1 amide bonds. The van der Waals surface area contributed by atoms with Gasteiger partial charge in [0.05, 0.1) is 30.9 Å². The fraction of sp³-hybridized carbons (Fsp3) is 0.382. The summed E-state index contributed by atoms with van der Waals surface area (Å²) in [6.07, 6.45) is -4.85. The number of benzene rings is 3. The minimum atomic E-state index is -4.44. The van der Waals surface area contributed by atoms with Crippen LogP contribution in [-0.4, -0.2) is 64.3 Å². The molecule has 0 saturated heterocycles. The standard InChI is InChI=1S/C34H38F3N3O3/c1-22-17-40(23(2)20-41)33(42)32-31(27-14-8-10-16-29(27)39(32)4)26-13-7-5-12-25(26)21-43-30(22)19-38(3)18-24-11-6-9-15-28(24)34(35,36)37/h5-16,22-23,30,41H,17-21H2,1-4H3/t22-,23-,30+/m1/s1. The van der Waals surface area contributed by atoms with Gasteiger partial charge in [0, 0.05) is 49.1 Å². The Balaban J connectivity index is 1.55. The molecule has 5 rings (SSSR count). The molecule has 4 aromatic rings. The van der Waals surface area contributed by atoms with E-state index in [1.54, 1.807) is 18.0 Å². The summed E-state index contributed by atoms with van der Waals surface area (Å²) in [5, 5.41) is 11.1. The Bertz CT molecular complexity index is 1600. The predicted molar refractivity (Wildman–Crippen MR) is 161 cm³/mol. The molecule has 2 heterocycles. The minimum absolute atomic E-state index is 0.0893. The highest BCUT2D eigenvalue weighted by Crippen LogP contribution is 2.38. The number of ether oxygens (including phenoxy) is 1. The van der Waals surface area contributed by atoms with Crippen LogP contribution in [-0.2, 0) is 31.1 Å². The lowest BCUT2D eigenvalue weighted by Crippen LogP contribution is -2.47. The molecule has 1 aliphatic heterocycles. The second-order valence-electron chi connectivity index (χ2n) is 11.6. The van der Waals surface area contributed by atoms with E-state index >= 15 is 0 Å². The zero-order valence-electron chi connectivity index (χ0n) is 24.9. The monoisotopic (exact) mass is 593 g/mol. The first-order valence-corrected chi connectivity index (χ1v) is 14.5. The third-order valence-corrected chi connectivity index (χ3v) is 8.48. The van der Waals surface area contributed by atoms with E-state index in [9.17, 15) is 23.1 Å². The maximum Gasteiger partial charge on any atom is 0.416 e. The van der Waals surface area contributed by atoms with E-state index in [2.05, 4.69) is 0 Å². The molecule has 3 aromatic carbocycles. The Hall–Kier alpha value is -3.66. The van der Waals surface area contributed by atoms with E-state index < -0.39 is 23.9 Å². The van der Waals surface area contributed by atoms with Gasteiger partial charge in [-0.15, -0.1) is 0 Å². The SMILES string of the molecule is C[C@@H]1CN([C@H](C)CO)C(=O)c2c(c3ccccc3n2C)-c2ccccc2CO[C@H]1CN(C)Cc1ccccc1C(F)(F)F. The number of carbonyl (C=O) groups is 1. The zero-order chi connectivity index (χ0) is 30.9. The van der Waals surface area contributed by atoms with Crippen LogP contribution >= 0.6 is 0 Å². The number of aliphatic hydroxyl groups excluding tert-OH is 1. The van der Waals surface area contributed by atoms with Gasteiger partial charge in [-0.3, -0.25) is 9.69 Å². The summed E-state index contributed by atoms with van der Waals surface area (Å²) in [6.45, 7) is 4.59. The summed E-state index contributed by atoms with van der Waals surface area (Å²) in [6, 6.07) is 20.9. The van der Waals surface area contributed by atoms with Crippen LogP contribution in [0.4, 0.5) is 13.2 Å². The Kier molecular flexibility index (Phi) is 8.96. The second kappa shape index (κ2) is 12.5. The molecule has 0 radical (unpaired) electrons.